The fourth-order valence-corrected chi connectivity index (χ4v) is 2.58. The molecule has 0 spiro atoms. The molecule has 0 aromatic carbocycles. The van der Waals surface area contributed by atoms with Gasteiger partial charge in [0.15, 0.2) is 11.6 Å². The van der Waals surface area contributed by atoms with Gasteiger partial charge < -0.3 is 15.7 Å². The zero-order valence-corrected chi connectivity index (χ0v) is 13.5. The number of hydrogen-bond acceptors (Lipinski definition) is 6. The Morgan fingerprint density at radius 1 is 1.46 bits per heavy atom. The summed E-state index contributed by atoms with van der Waals surface area (Å²) in [6.07, 6.45) is 4.58. The summed E-state index contributed by atoms with van der Waals surface area (Å²) in [6, 6.07) is 5.90. The van der Waals surface area contributed by atoms with Gasteiger partial charge in [0.1, 0.15) is 5.52 Å². The van der Waals surface area contributed by atoms with Crippen molar-refractivity contribution in [3.63, 3.8) is 0 Å². The number of aliphatic hydroxyl groups excluding tert-OH is 1. The number of aliphatic hydroxyl groups is 1. The summed E-state index contributed by atoms with van der Waals surface area (Å²) < 4.78 is 1.75. The van der Waals surface area contributed by atoms with Gasteiger partial charge in [-0.15, -0.1) is 5.10 Å². The van der Waals surface area contributed by atoms with E-state index in [9.17, 15) is 5.11 Å². The molecular weight excluding hydrogens is 306 g/mol. The first-order chi connectivity index (χ1) is 11.7. The molecule has 1 aliphatic carbocycles. The first-order valence-corrected chi connectivity index (χ1v) is 8.32. The summed E-state index contributed by atoms with van der Waals surface area (Å²) in [5.74, 6) is 2.52. The van der Waals surface area contributed by atoms with Crippen molar-refractivity contribution in [2.24, 2.45) is 0 Å². The van der Waals surface area contributed by atoms with Crippen molar-refractivity contribution in [1.29, 1.82) is 0 Å². The zero-order valence-electron chi connectivity index (χ0n) is 13.5. The maximum Gasteiger partial charge on any atom is 0.243 e. The summed E-state index contributed by atoms with van der Waals surface area (Å²) >= 11 is 0. The third kappa shape index (κ3) is 3.05. The zero-order chi connectivity index (χ0) is 16.5. The van der Waals surface area contributed by atoms with Crippen LogP contribution < -0.4 is 10.6 Å². The second kappa shape index (κ2) is 6.12. The van der Waals surface area contributed by atoms with Crippen LogP contribution in [0.15, 0.2) is 24.4 Å². The van der Waals surface area contributed by atoms with E-state index in [-0.39, 0.29) is 0 Å². The average molecular weight is 327 g/mol. The van der Waals surface area contributed by atoms with Gasteiger partial charge in [-0.3, -0.25) is 5.10 Å². The van der Waals surface area contributed by atoms with Gasteiger partial charge in [-0.1, -0.05) is 6.92 Å². The SMILES string of the molecule is CCC(O)CNc1nc(Nc2cc(C3CC3)[nH]n2)c2cccn2n1. The maximum absolute atomic E-state index is 9.70. The standard InChI is InChI=1S/C16H21N7O/c1-2-11(24)9-17-16-19-15(13-4-3-7-23(13)22-16)18-14-8-12(20-21-14)10-5-6-10/h3-4,7-8,10-11,24H,2,5-6,9H2,1H3,(H3,17,18,19,20,21,22). The third-order valence-electron chi connectivity index (χ3n) is 4.22. The first kappa shape index (κ1) is 14.9. The predicted octanol–water partition coefficient (Wildman–Crippen LogP) is 2.26. The van der Waals surface area contributed by atoms with Crippen LogP contribution in [0.2, 0.25) is 0 Å². The molecule has 0 saturated heterocycles. The lowest BCUT2D eigenvalue weighted by molar-refractivity contribution is 0.183. The lowest BCUT2D eigenvalue weighted by Gasteiger charge is -2.11. The molecular formula is C16H21N7O. The number of H-pyrrole nitrogens is 1. The first-order valence-electron chi connectivity index (χ1n) is 8.32. The van der Waals surface area contributed by atoms with Crippen LogP contribution in [0.4, 0.5) is 17.6 Å². The summed E-state index contributed by atoms with van der Waals surface area (Å²) in [4.78, 5) is 4.53. The third-order valence-corrected chi connectivity index (χ3v) is 4.22. The summed E-state index contributed by atoms with van der Waals surface area (Å²) in [5.41, 5.74) is 2.04. The van der Waals surface area contributed by atoms with Crippen molar-refractivity contribution >= 4 is 23.1 Å². The monoisotopic (exact) mass is 327 g/mol. The van der Waals surface area contributed by atoms with Crippen molar-refractivity contribution in [3.8, 4) is 0 Å². The molecule has 0 aliphatic heterocycles. The van der Waals surface area contributed by atoms with Gasteiger partial charge in [-0.05, 0) is 31.4 Å². The molecule has 4 N–H and O–H groups in total. The Balaban J connectivity index is 1.58. The van der Waals surface area contributed by atoms with Gasteiger partial charge in [-0.2, -0.15) is 10.1 Å². The van der Waals surface area contributed by atoms with E-state index < -0.39 is 6.10 Å². The van der Waals surface area contributed by atoms with Crippen LogP contribution in [0.1, 0.15) is 37.8 Å². The fourth-order valence-electron chi connectivity index (χ4n) is 2.58. The van der Waals surface area contributed by atoms with Crippen LogP contribution >= 0.6 is 0 Å². The minimum absolute atomic E-state index is 0.414. The van der Waals surface area contributed by atoms with Gasteiger partial charge in [0, 0.05) is 30.4 Å². The summed E-state index contributed by atoms with van der Waals surface area (Å²) in [5, 5.41) is 27.8. The second-order valence-electron chi connectivity index (χ2n) is 6.17. The summed E-state index contributed by atoms with van der Waals surface area (Å²) in [7, 11) is 0. The number of nitrogens with one attached hydrogen (secondary N) is 3. The molecule has 3 aromatic heterocycles. The number of rotatable bonds is 7. The Labute approximate surface area is 139 Å². The van der Waals surface area contributed by atoms with Crippen LogP contribution in [0.3, 0.4) is 0 Å². The van der Waals surface area contributed by atoms with Crippen molar-refractivity contribution in [1.82, 2.24) is 24.8 Å². The average Bonchev–Trinajstić information content (AvgIpc) is 3.15. The quantitative estimate of drug-likeness (QED) is 0.531. The predicted molar refractivity (Wildman–Crippen MR) is 91.6 cm³/mol. The van der Waals surface area contributed by atoms with Crippen molar-refractivity contribution in [2.45, 2.75) is 38.2 Å². The van der Waals surface area contributed by atoms with Crippen molar-refractivity contribution in [2.75, 3.05) is 17.2 Å². The molecule has 1 saturated carbocycles. The smallest absolute Gasteiger partial charge is 0.243 e. The van der Waals surface area contributed by atoms with Crippen LogP contribution in [-0.4, -0.2) is 42.6 Å². The summed E-state index contributed by atoms with van der Waals surface area (Å²) in [6.45, 7) is 2.35. The normalized spacial score (nSPS) is 15.6. The van der Waals surface area contributed by atoms with Gasteiger partial charge in [-0.25, -0.2) is 4.52 Å². The number of hydrogen-bond donors (Lipinski definition) is 4. The van der Waals surface area contributed by atoms with Gasteiger partial charge >= 0.3 is 0 Å². The number of nitrogens with zero attached hydrogens (tertiary/aromatic N) is 4. The molecule has 0 amide bonds. The molecule has 0 radical (unpaired) electrons. The molecule has 1 aliphatic rings. The van der Waals surface area contributed by atoms with Crippen LogP contribution in [0.25, 0.3) is 5.52 Å². The van der Waals surface area contributed by atoms with Gasteiger partial charge in [0.05, 0.1) is 6.10 Å². The number of fused-ring (bicyclic) bond motifs is 1. The highest BCUT2D eigenvalue weighted by Gasteiger charge is 2.25. The molecule has 24 heavy (non-hydrogen) atoms. The molecule has 126 valence electrons. The molecule has 1 unspecified atom stereocenters. The van der Waals surface area contributed by atoms with Crippen LogP contribution in [0, 0.1) is 0 Å². The molecule has 8 heteroatoms. The van der Waals surface area contributed by atoms with E-state index in [2.05, 4.69) is 30.9 Å². The van der Waals surface area contributed by atoms with Crippen LogP contribution in [0.5, 0.6) is 0 Å². The van der Waals surface area contributed by atoms with E-state index >= 15 is 0 Å². The van der Waals surface area contributed by atoms with E-state index in [1.54, 1.807) is 4.52 Å². The topological polar surface area (TPSA) is 103 Å². The molecule has 8 nitrogen and oxygen atoms in total. The Hall–Kier alpha value is -2.61. The highest BCUT2D eigenvalue weighted by atomic mass is 16.3. The van der Waals surface area contributed by atoms with Crippen LogP contribution in [-0.2, 0) is 0 Å². The Morgan fingerprint density at radius 3 is 3.12 bits per heavy atom. The number of anilines is 3. The lowest BCUT2D eigenvalue weighted by atomic mass is 10.3. The Morgan fingerprint density at radius 2 is 2.33 bits per heavy atom. The van der Waals surface area contributed by atoms with Crippen molar-refractivity contribution < 1.29 is 5.11 Å². The van der Waals surface area contributed by atoms with E-state index in [1.807, 2.05) is 31.3 Å². The highest BCUT2D eigenvalue weighted by molar-refractivity contribution is 5.73. The van der Waals surface area contributed by atoms with Gasteiger partial charge in [0.25, 0.3) is 0 Å². The minimum atomic E-state index is -0.419. The Bertz CT molecular complexity index is 836. The Kier molecular flexibility index (Phi) is 3.81. The van der Waals surface area contributed by atoms with E-state index in [0.717, 1.165) is 11.3 Å². The fraction of sp³-hybridized carbons (Fsp3) is 0.438. The van der Waals surface area contributed by atoms with Crippen molar-refractivity contribution in [3.05, 3.63) is 30.1 Å². The molecule has 3 heterocycles. The largest absolute Gasteiger partial charge is 0.391 e. The number of aromatic amines is 1. The second-order valence-corrected chi connectivity index (χ2v) is 6.17. The lowest BCUT2D eigenvalue weighted by Crippen LogP contribution is -2.20. The van der Waals surface area contributed by atoms with E-state index in [1.165, 1.54) is 18.5 Å². The number of aromatic nitrogens is 5. The maximum atomic E-state index is 9.70. The van der Waals surface area contributed by atoms with Gasteiger partial charge in [0.2, 0.25) is 5.95 Å². The molecule has 0 bridgehead atoms. The molecule has 3 aromatic rings. The minimum Gasteiger partial charge on any atom is -0.391 e. The van der Waals surface area contributed by atoms with E-state index in [4.69, 9.17) is 0 Å². The molecule has 1 atom stereocenters. The molecule has 4 rings (SSSR count). The highest BCUT2D eigenvalue weighted by Crippen LogP contribution is 2.39. The molecule has 1 fully saturated rings. The van der Waals surface area contributed by atoms with E-state index in [0.29, 0.717) is 30.6 Å².